The van der Waals surface area contributed by atoms with Crippen LogP contribution in [0, 0.1) is 0 Å². The van der Waals surface area contributed by atoms with E-state index in [1.807, 2.05) is 30.3 Å². The molecule has 150 valence electrons. The van der Waals surface area contributed by atoms with Gasteiger partial charge in [-0.2, -0.15) is 0 Å². The van der Waals surface area contributed by atoms with Crippen LogP contribution >= 0.6 is 7.26 Å². The SMILES string of the molecule is O=C(O)c1ccc([P+](Cc2ccccc2)(c2ccccc2)c2ccccc2)cc1.[Br-]. The van der Waals surface area contributed by atoms with Crippen LogP contribution < -0.4 is 32.9 Å². The van der Waals surface area contributed by atoms with E-state index in [0.29, 0.717) is 5.56 Å². The molecule has 1 N–H and O–H groups in total. The quantitative estimate of drug-likeness (QED) is 0.431. The minimum Gasteiger partial charge on any atom is -1.00 e. The highest BCUT2D eigenvalue weighted by Crippen LogP contribution is 2.58. The van der Waals surface area contributed by atoms with E-state index in [4.69, 9.17) is 0 Å². The van der Waals surface area contributed by atoms with E-state index in [-0.39, 0.29) is 17.0 Å². The van der Waals surface area contributed by atoms with Crippen LogP contribution in [-0.2, 0) is 6.16 Å². The third-order valence-corrected chi connectivity index (χ3v) is 9.59. The first-order valence-electron chi connectivity index (χ1n) is 9.57. The van der Waals surface area contributed by atoms with Gasteiger partial charge in [-0.05, 0) is 54.1 Å². The number of hydrogen-bond donors (Lipinski definition) is 1. The minimum atomic E-state index is -2.02. The monoisotopic (exact) mass is 476 g/mol. The molecule has 0 fully saturated rings. The normalized spacial score (nSPS) is 10.8. The van der Waals surface area contributed by atoms with E-state index >= 15 is 0 Å². The Morgan fingerprint density at radius 3 is 1.43 bits per heavy atom. The zero-order valence-electron chi connectivity index (χ0n) is 16.4. The molecule has 0 heterocycles. The van der Waals surface area contributed by atoms with Crippen molar-refractivity contribution in [1.29, 1.82) is 0 Å². The molecule has 0 atom stereocenters. The largest absolute Gasteiger partial charge is 1.00 e. The molecule has 0 bridgehead atoms. The predicted octanol–water partition coefficient (Wildman–Crippen LogP) is 1.88. The van der Waals surface area contributed by atoms with Gasteiger partial charge in [0.25, 0.3) is 0 Å². The van der Waals surface area contributed by atoms with Crippen molar-refractivity contribution < 1.29 is 26.9 Å². The summed E-state index contributed by atoms with van der Waals surface area (Å²) in [4.78, 5) is 11.4. The Balaban J connectivity index is 0.00000256. The molecule has 0 aromatic heterocycles. The van der Waals surface area contributed by atoms with E-state index in [0.717, 1.165) is 6.16 Å². The zero-order valence-corrected chi connectivity index (χ0v) is 18.8. The van der Waals surface area contributed by atoms with Crippen LogP contribution in [0.5, 0.6) is 0 Å². The van der Waals surface area contributed by atoms with Gasteiger partial charge in [0.05, 0.1) is 11.7 Å². The molecule has 4 aromatic rings. The van der Waals surface area contributed by atoms with E-state index in [2.05, 4.69) is 72.8 Å². The number of hydrogen-bond acceptors (Lipinski definition) is 1. The van der Waals surface area contributed by atoms with Crippen molar-refractivity contribution >= 4 is 29.1 Å². The van der Waals surface area contributed by atoms with Gasteiger partial charge in [-0.3, -0.25) is 0 Å². The molecule has 0 amide bonds. The molecule has 2 nitrogen and oxygen atoms in total. The molecule has 0 aliphatic rings. The van der Waals surface area contributed by atoms with E-state index in [1.54, 1.807) is 12.1 Å². The number of aromatic carboxylic acids is 1. The molecule has 0 saturated heterocycles. The van der Waals surface area contributed by atoms with Crippen molar-refractivity contribution in [3.8, 4) is 0 Å². The average molecular weight is 477 g/mol. The number of rotatable bonds is 6. The Morgan fingerprint density at radius 2 is 1.00 bits per heavy atom. The second kappa shape index (κ2) is 9.84. The summed E-state index contributed by atoms with van der Waals surface area (Å²) in [5.74, 6) is -0.900. The molecule has 0 saturated carbocycles. The fraction of sp³-hybridized carbons (Fsp3) is 0.0385. The number of carbonyl (C=O) groups is 1. The molecule has 30 heavy (non-hydrogen) atoms. The van der Waals surface area contributed by atoms with E-state index < -0.39 is 13.2 Å². The maximum atomic E-state index is 11.4. The lowest BCUT2D eigenvalue weighted by Crippen LogP contribution is -3.00. The predicted molar refractivity (Wildman–Crippen MR) is 122 cm³/mol. The lowest BCUT2D eigenvalue weighted by Gasteiger charge is -2.28. The summed E-state index contributed by atoms with van der Waals surface area (Å²) >= 11 is 0. The van der Waals surface area contributed by atoms with Crippen molar-refractivity contribution in [1.82, 2.24) is 0 Å². The standard InChI is InChI=1S/C26H21O2P.BrH/c27-26(28)22-16-18-25(19-17-22)29(23-12-6-2-7-13-23,24-14-8-3-9-15-24)20-21-10-4-1-5-11-21;/h1-19H,20H2;1H. The Morgan fingerprint density at radius 1 is 0.600 bits per heavy atom. The van der Waals surface area contributed by atoms with Gasteiger partial charge in [-0.15, -0.1) is 0 Å². The first kappa shape index (κ1) is 22.0. The third kappa shape index (κ3) is 4.38. The van der Waals surface area contributed by atoms with Gasteiger partial charge in [0, 0.05) is 0 Å². The van der Waals surface area contributed by atoms with Crippen LogP contribution in [0.4, 0.5) is 0 Å². The van der Waals surface area contributed by atoms with Gasteiger partial charge in [0.15, 0.2) is 0 Å². The Hall–Kier alpha value is -2.74. The number of benzene rings is 4. The first-order valence-corrected chi connectivity index (χ1v) is 11.5. The topological polar surface area (TPSA) is 37.3 Å². The van der Waals surface area contributed by atoms with Crippen LogP contribution in [0.2, 0.25) is 0 Å². The molecule has 0 unspecified atom stereocenters. The second-order valence-corrected chi connectivity index (χ2v) is 10.5. The zero-order chi connectivity index (χ0) is 20.1. The van der Waals surface area contributed by atoms with E-state index in [9.17, 15) is 9.90 Å². The number of carboxylic acid groups (broad SMARTS) is 1. The van der Waals surface area contributed by atoms with Crippen LogP contribution in [0.1, 0.15) is 15.9 Å². The van der Waals surface area contributed by atoms with Gasteiger partial charge in [0.2, 0.25) is 0 Å². The van der Waals surface area contributed by atoms with Crippen molar-refractivity contribution in [2.75, 3.05) is 0 Å². The summed E-state index contributed by atoms with van der Waals surface area (Å²) in [7, 11) is -2.02. The van der Waals surface area contributed by atoms with Crippen molar-refractivity contribution in [2.24, 2.45) is 0 Å². The maximum absolute atomic E-state index is 11.4. The van der Waals surface area contributed by atoms with E-state index in [1.165, 1.54) is 21.5 Å². The molecule has 4 rings (SSSR count). The molecule has 0 aliphatic heterocycles. The molecular weight excluding hydrogens is 455 g/mol. The summed E-state index contributed by atoms with van der Waals surface area (Å²) in [5.41, 5.74) is 1.59. The summed E-state index contributed by atoms with van der Waals surface area (Å²) in [6.45, 7) is 0. The second-order valence-electron chi connectivity index (χ2n) is 6.98. The van der Waals surface area contributed by atoms with Gasteiger partial charge in [0.1, 0.15) is 23.2 Å². The summed E-state index contributed by atoms with van der Waals surface area (Å²) in [5, 5.41) is 13.1. The molecule has 0 spiro atoms. The smallest absolute Gasteiger partial charge is 0.335 e. The van der Waals surface area contributed by atoms with Gasteiger partial charge >= 0.3 is 5.97 Å². The first-order chi connectivity index (χ1) is 14.2. The third-order valence-electron chi connectivity index (χ3n) is 5.21. The summed E-state index contributed by atoms with van der Waals surface area (Å²) in [6.07, 6.45) is 0.883. The molecular formula is C26H22BrO2P. The van der Waals surface area contributed by atoms with Crippen LogP contribution in [-0.4, -0.2) is 11.1 Å². The fourth-order valence-electron chi connectivity index (χ4n) is 3.80. The molecule has 0 radical (unpaired) electrons. The summed E-state index contributed by atoms with van der Waals surface area (Å²) < 4.78 is 0. The lowest BCUT2D eigenvalue weighted by molar-refractivity contribution is -0.0000211. The van der Waals surface area contributed by atoms with Crippen molar-refractivity contribution in [2.45, 2.75) is 6.16 Å². The highest BCUT2D eigenvalue weighted by Gasteiger charge is 2.45. The van der Waals surface area contributed by atoms with Crippen LogP contribution in [0.25, 0.3) is 0 Å². The lowest BCUT2D eigenvalue weighted by atomic mass is 10.2. The number of halogens is 1. The average Bonchev–Trinajstić information content (AvgIpc) is 2.79. The van der Waals surface area contributed by atoms with Gasteiger partial charge in [-0.1, -0.05) is 66.7 Å². The molecule has 0 aliphatic carbocycles. The maximum Gasteiger partial charge on any atom is 0.335 e. The van der Waals surface area contributed by atoms with Gasteiger partial charge in [-0.25, -0.2) is 4.79 Å². The Kier molecular flexibility index (Phi) is 7.20. The Bertz CT molecular complexity index is 1040. The molecule has 4 aromatic carbocycles. The van der Waals surface area contributed by atoms with Crippen LogP contribution in [0.15, 0.2) is 115 Å². The fourth-order valence-corrected chi connectivity index (χ4v) is 8.02. The molecule has 4 heteroatoms. The highest BCUT2D eigenvalue weighted by atomic mass is 79.9. The number of carboxylic acids is 1. The van der Waals surface area contributed by atoms with Crippen molar-refractivity contribution in [3.05, 3.63) is 126 Å². The highest BCUT2D eigenvalue weighted by molar-refractivity contribution is 7.95. The van der Waals surface area contributed by atoms with Crippen molar-refractivity contribution in [3.63, 3.8) is 0 Å². The van der Waals surface area contributed by atoms with Crippen LogP contribution in [0.3, 0.4) is 0 Å². The van der Waals surface area contributed by atoms with Gasteiger partial charge < -0.3 is 22.1 Å². The minimum absolute atomic E-state index is 0. The summed E-state index contributed by atoms with van der Waals surface area (Å²) in [6, 6.07) is 39.2. The Labute approximate surface area is 188 Å².